The third kappa shape index (κ3) is 5.27. The molecule has 0 spiro atoms. The van der Waals surface area contributed by atoms with Gasteiger partial charge in [-0.05, 0) is 48.1 Å². The molecule has 3 rings (SSSR count). The lowest BCUT2D eigenvalue weighted by Gasteiger charge is -2.11. The molecule has 0 radical (unpaired) electrons. The van der Waals surface area contributed by atoms with Crippen LogP contribution in [0.2, 0.25) is 0 Å². The highest BCUT2D eigenvalue weighted by atomic mass is 32.1. The molecule has 0 fully saturated rings. The molecule has 3 aromatic rings. The van der Waals surface area contributed by atoms with Gasteiger partial charge in [0.05, 0.1) is 12.1 Å². The number of nitrogens with zero attached hydrogens (tertiary/aromatic N) is 2. The maximum absolute atomic E-state index is 12.9. The molecule has 2 N–H and O–H groups in total. The quantitative estimate of drug-likeness (QED) is 0.488. The summed E-state index contributed by atoms with van der Waals surface area (Å²) in [6.45, 7) is 0.440. The van der Waals surface area contributed by atoms with Crippen molar-refractivity contribution >= 4 is 28.8 Å². The van der Waals surface area contributed by atoms with Crippen LogP contribution in [0.15, 0.2) is 60.8 Å². The average Bonchev–Trinajstić information content (AvgIpc) is 3.03. The Kier molecular flexibility index (Phi) is 5.41. The minimum atomic E-state index is -4.42. The van der Waals surface area contributed by atoms with E-state index < -0.39 is 11.7 Å². The number of benzene rings is 2. The standard InChI is InChI=1S/C18H14F4N4S/c19-14-6-4-12(5-7-14)11-26-9-8-16(25-26)24-17(27)23-15-3-1-2-13(10-15)18(20,21)22/h1-10H,11H2,(H2,23,24,25,27). The van der Waals surface area contributed by atoms with Crippen LogP contribution in [0.5, 0.6) is 0 Å². The van der Waals surface area contributed by atoms with Crippen LogP contribution in [-0.4, -0.2) is 14.9 Å². The van der Waals surface area contributed by atoms with Crippen molar-refractivity contribution in [2.45, 2.75) is 12.7 Å². The van der Waals surface area contributed by atoms with Crippen LogP contribution in [0.25, 0.3) is 0 Å². The monoisotopic (exact) mass is 394 g/mol. The molecular weight excluding hydrogens is 380 g/mol. The first-order chi connectivity index (χ1) is 12.8. The summed E-state index contributed by atoms with van der Waals surface area (Å²) in [7, 11) is 0. The smallest absolute Gasteiger partial charge is 0.332 e. The first kappa shape index (κ1) is 18.8. The summed E-state index contributed by atoms with van der Waals surface area (Å²) in [6, 6.07) is 12.5. The van der Waals surface area contributed by atoms with Gasteiger partial charge in [-0.25, -0.2) is 4.39 Å². The van der Waals surface area contributed by atoms with E-state index in [4.69, 9.17) is 12.2 Å². The van der Waals surface area contributed by atoms with Crippen molar-refractivity contribution in [1.82, 2.24) is 9.78 Å². The topological polar surface area (TPSA) is 41.9 Å². The van der Waals surface area contributed by atoms with Gasteiger partial charge in [-0.3, -0.25) is 4.68 Å². The van der Waals surface area contributed by atoms with Crippen LogP contribution in [0.3, 0.4) is 0 Å². The van der Waals surface area contributed by atoms with Crippen LogP contribution >= 0.6 is 12.2 Å². The Bertz CT molecular complexity index is 935. The molecule has 27 heavy (non-hydrogen) atoms. The molecule has 1 aromatic heterocycles. The number of halogens is 4. The molecule has 0 saturated carbocycles. The zero-order valence-corrected chi connectivity index (χ0v) is 14.6. The van der Waals surface area contributed by atoms with E-state index in [1.807, 2.05) is 0 Å². The van der Waals surface area contributed by atoms with E-state index in [0.29, 0.717) is 12.4 Å². The third-order valence-electron chi connectivity index (χ3n) is 3.59. The van der Waals surface area contributed by atoms with Crippen LogP contribution in [0, 0.1) is 5.82 Å². The fourth-order valence-electron chi connectivity index (χ4n) is 2.35. The molecule has 0 aliphatic heterocycles. The van der Waals surface area contributed by atoms with E-state index in [0.717, 1.165) is 17.7 Å². The highest BCUT2D eigenvalue weighted by molar-refractivity contribution is 7.80. The molecule has 1 heterocycles. The minimum Gasteiger partial charge on any atom is -0.332 e. The Hall–Kier alpha value is -2.94. The predicted octanol–water partition coefficient (Wildman–Crippen LogP) is 4.90. The van der Waals surface area contributed by atoms with Crippen LogP contribution in [-0.2, 0) is 12.7 Å². The van der Waals surface area contributed by atoms with Crippen molar-refractivity contribution in [3.63, 3.8) is 0 Å². The lowest BCUT2D eigenvalue weighted by molar-refractivity contribution is -0.137. The van der Waals surface area contributed by atoms with Gasteiger partial charge in [0, 0.05) is 18.0 Å². The highest BCUT2D eigenvalue weighted by Crippen LogP contribution is 2.30. The van der Waals surface area contributed by atoms with Crippen LogP contribution in [0.4, 0.5) is 29.1 Å². The second-order valence-corrected chi connectivity index (χ2v) is 6.09. The number of aromatic nitrogens is 2. The first-order valence-electron chi connectivity index (χ1n) is 7.83. The lowest BCUT2D eigenvalue weighted by Crippen LogP contribution is -2.20. The molecular formula is C18H14F4N4S. The second-order valence-electron chi connectivity index (χ2n) is 5.68. The second kappa shape index (κ2) is 7.75. The van der Waals surface area contributed by atoms with E-state index in [9.17, 15) is 17.6 Å². The SMILES string of the molecule is Fc1ccc(Cn2ccc(NC(=S)Nc3cccc(C(F)(F)F)c3)n2)cc1. The largest absolute Gasteiger partial charge is 0.416 e. The van der Waals surface area contributed by atoms with Crippen molar-refractivity contribution in [3.05, 3.63) is 77.7 Å². The number of hydrogen-bond donors (Lipinski definition) is 2. The van der Waals surface area contributed by atoms with Crippen LogP contribution in [0.1, 0.15) is 11.1 Å². The van der Waals surface area contributed by atoms with Gasteiger partial charge in [-0.2, -0.15) is 18.3 Å². The Morgan fingerprint density at radius 2 is 1.78 bits per heavy atom. The maximum Gasteiger partial charge on any atom is 0.416 e. The van der Waals surface area contributed by atoms with E-state index in [1.54, 1.807) is 29.1 Å². The third-order valence-corrected chi connectivity index (χ3v) is 3.79. The van der Waals surface area contributed by atoms with E-state index in [1.165, 1.54) is 24.3 Å². The van der Waals surface area contributed by atoms with E-state index >= 15 is 0 Å². The van der Waals surface area contributed by atoms with E-state index in [2.05, 4.69) is 15.7 Å². The van der Waals surface area contributed by atoms with Gasteiger partial charge in [0.2, 0.25) is 0 Å². The first-order valence-corrected chi connectivity index (χ1v) is 8.23. The van der Waals surface area contributed by atoms with Gasteiger partial charge in [0.1, 0.15) is 5.82 Å². The van der Waals surface area contributed by atoms with Crippen molar-refractivity contribution in [2.24, 2.45) is 0 Å². The predicted molar refractivity (Wildman–Crippen MR) is 99.0 cm³/mol. The zero-order chi connectivity index (χ0) is 19.4. The molecule has 0 bridgehead atoms. The normalized spacial score (nSPS) is 11.3. The fourth-order valence-corrected chi connectivity index (χ4v) is 2.57. The number of rotatable bonds is 4. The minimum absolute atomic E-state index is 0.112. The number of hydrogen-bond acceptors (Lipinski definition) is 2. The zero-order valence-electron chi connectivity index (χ0n) is 13.8. The van der Waals surface area contributed by atoms with Crippen molar-refractivity contribution in [2.75, 3.05) is 10.6 Å². The molecule has 0 unspecified atom stereocenters. The molecule has 0 aliphatic rings. The van der Waals surface area contributed by atoms with Gasteiger partial charge in [-0.15, -0.1) is 0 Å². The summed E-state index contributed by atoms with van der Waals surface area (Å²) in [5.74, 6) is 0.120. The Morgan fingerprint density at radius 3 is 2.48 bits per heavy atom. The van der Waals surface area contributed by atoms with Gasteiger partial charge in [0.25, 0.3) is 0 Å². The molecule has 0 amide bonds. The van der Waals surface area contributed by atoms with Crippen LogP contribution < -0.4 is 10.6 Å². The molecule has 4 nitrogen and oxygen atoms in total. The fraction of sp³-hybridized carbons (Fsp3) is 0.111. The Balaban J connectivity index is 1.60. The summed E-state index contributed by atoms with van der Waals surface area (Å²) in [6.07, 6.45) is -2.72. The van der Waals surface area contributed by atoms with Crippen molar-refractivity contribution < 1.29 is 17.6 Å². The number of nitrogens with one attached hydrogen (secondary N) is 2. The lowest BCUT2D eigenvalue weighted by atomic mass is 10.2. The maximum atomic E-state index is 12.9. The molecule has 0 atom stereocenters. The summed E-state index contributed by atoms with van der Waals surface area (Å²) in [4.78, 5) is 0. The number of thiocarbonyl (C=S) groups is 1. The molecule has 2 aromatic carbocycles. The van der Waals surface area contributed by atoms with Crippen molar-refractivity contribution in [1.29, 1.82) is 0 Å². The molecule has 0 saturated heterocycles. The van der Waals surface area contributed by atoms with Gasteiger partial charge in [0.15, 0.2) is 10.9 Å². The average molecular weight is 394 g/mol. The van der Waals surface area contributed by atoms with Gasteiger partial charge < -0.3 is 10.6 Å². The molecule has 140 valence electrons. The molecule has 9 heteroatoms. The van der Waals surface area contributed by atoms with Gasteiger partial charge >= 0.3 is 6.18 Å². The highest BCUT2D eigenvalue weighted by Gasteiger charge is 2.30. The summed E-state index contributed by atoms with van der Waals surface area (Å²) in [5, 5.41) is 9.89. The van der Waals surface area contributed by atoms with E-state index in [-0.39, 0.29) is 16.6 Å². The Labute approximate surface area is 157 Å². The number of alkyl halides is 3. The summed E-state index contributed by atoms with van der Waals surface area (Å²) < 4.78 is 52.8. The summed E-state index contributed by atoms with van der Waals surface area (Å²) >= 11 is 5.11. The summed E-state index contributed by atoms with van der Waals surface area (Å²) in [5.41, 5.74) is 0.322. The molecule has 0 aliphatic carbocycles. The van der Waals surface area contributed by atoms with Crippen molar-refractivity contribution in [3.8, 4) is 0 Å². The number of anilines is 2. The van der Waals surface area contributed by atoms with Gasteiger partial charge in [-0.1, -0.05) is 18.2 Å². The Morgan fingerprint density at radius 1 is 1.04 bits per heavy atom.